The van der Waals surface area contributed by atoms with Gasteiger partial charge in [-0.2, -0.15) is 0 Å². The predicted molar refractivity (Wildman–Crippen MR) is 114 cm³/mol. The van der Waals surface area contributed by atoms with Gasteiger partial charge >= 0.3 is 0 Å². The van der Waals surface area contributed by atoms with Crippen molar-refractivity contribution in [1.82, 2.24) is 0 Å². The number of anilines is 1. The lowest BCUT2D eigenvalue weighted by molar-refractivity contribution is -0.111. The molecule has 0 saturated heterocycles. The standard InChI is InChI=1S/C22H15Cl2NO3/c1-27-21-11-15-14-4-2-3-5-19(14)28-20(15)12-18(21)25-22(26)9-7-13-6-8-16(23)17(24)10-13/h2-12H,1H3,(H,25,26)/b9-7+. The first-order valence-electron chi connectivity index (χ1n) is 8.48. The summed E-state index contributed by atoms with van der Waals surface area (Å²) in [6.07, 6.45) is 3.07. The fraction of sp³-hybridized carbons (Fsp3) is 0.0455. The van der Waals surface area contributed by atoms with Crippen molar-refractivity contribution in [1.29, 1.82) is 0 Å². The van der Waals surface area contributed by atoms with Crippen LogP contribution in [0.2, 0.25) is 10.0 Å². The maximum absolute atomic E-state index is 12.4. The zero-order valence-corrected chi connectivity index (χ0v) is 16.3. The van der Waals surface area contributed by atoms with Gasteiger partial charge in [0.2, 0.25) is 5.91 Å². The third-order valence-electron chi connectivity index (χ3n) is 4.33. The van der Waals surface area contributed by atoms with Gasteiger partial charge in [-0.1, -0.05) is 47.5 Å². The van der Waals surface area contributed by atoms with Gasteiger partial charge in [-0.05, 0) is 35.9 Å². The number of halogens is 2. The zero-order chi connectivity index (χ0) is 19.7. The van der Waals surface area contributed by atoms with Gasteiger partial charge in [0.15, 0.2) is 0 Å². The van der Waals surface area contributed by atoms with Gasteiger partial charge in [0.1, 0.15) is 16.9 Å². The maximum atomic E-state index is 12.4. The number of para-hydroxylation sites is 1. The number of nitrogens with one attached hydrogen (secondary N) is 1. The van der Waals surface area contributed by atoms with Crippen LogP contribution in [0.3, 0.4) is 0 Å². The van der Waals surface area contributed by atoms with E-state index in [1.165, 1.54) is 6.08 Å². The molecule has 6 heteroatoms. The van der Waals surface area contributed by atoms with Crippen molar-refractivity contribution in [2.45, 2.75) is 0 Å². The minimum absolute atomic E-state index is 0.306. The van der Waals surface area contributed by atoms with E-state index < -0.39 is 0 Å². The summed E-state index contributed by atoms with van der Waals surface area (Å²) in [5.41, 5.74) is 2.75. The molecule has 0 aliphatic carbocycles. The van der Waals surface area contributed by atoms with Crippen LogP contribution < -0.4 is 10.1 Å². The Morgan fingerprint density at radius 1 is 1.00 bits per heavy atom. The number of ether oxygens (including phenoxy) is 1. The summed E-state index contributed by atoms with van der Waals surface area (Å²) < 4.78 is 11.3. The van der Waals surface area contributed by atoms with Crippen LogP contribution in [0.5, 0.6) is 5.75 Å². The van der Waals surface area contributed by atoms with E-state index in [2.05, 4.69) is 5.32 Å². The van der Waals surface area contributed by atoms with E-state index >= 15 is 0 Å². The van der Waals surface area contributed by atoms with Gasteiger partial charge in [-0.15, -0.1) is 0 Å². The highest BCUT2D eigenvalue weighted by atomic mass is 35.5. The molecule has 0 radical (unpaired) electrons. The van der Waals surface area contributed by atoms with E-state index in [0.717, 1.165) is 21.9 Å². The third-order valence-corrected chi connectivity index (χ3v) is 5.07. The Labute approximate surface area is 171 Å². The second-order valence-corrected chi connectivity index (χ2v) is 6.96. The highest BCUT2D eigenvalue weighted by molar-refractivity contribution is 6.42. The molecule has 0 unspecified atom stereocenters. The molecular formula is C22H15Cl2NO3. The fourth-order valence-corrected chi connectivity index (χ4v) is 3.29. The van der Waals surface area contributed by atoms with Crippen LogP contribution in [-0.4, -0.2) is 13.0 Å². The number of methoxy groups -OCH3 is 1. The lowest BCUT2D eigenvalue weighted by Gasteiger charge is -2.09. The Kier molecular flexibility index (Phi) is 4.99. The molecule has 1 amide bonds. The van der Waals surface area contributed by atoms with Gasteiger partial charge in [-0.3, -0.25) is 4.79 Å². The molecule has 1 heterocycles. The summed E-state index contributed by atoms with van der Waals surface area (Å²) in [7, 11) is 1.56. The van der Waals surface area contributed by atoms with Crippen molar-refractivity contribution >= 4 is 62.8 Å². The average Bonchev–Trinajstić information content (AvgIpc) is 3.05. The lowest BCUT2D eigenvalue weighted by atomic mass is 10.1. The van der Waals surface area contributed by atoms with Crippen LogP contribution in [0.4, 0.5) is 5.69 Å². The van der Waals surface area contributed by atoms with Crippen molar-refractivity contribution in [2.24, 2.45) is 0 Å². The molecule has 0 aliphatic heterocycles. The van der Waals surface area contributed by atoms with Crippen molar-refractivity contribution in [3.63, 3.8) is 0 Å². The number of benzene rings is 3. The number of hydrogen-bond donors (Lipinski definition) is 1. The molecule has 4 nitrogen and oxygen atoms in total. The van der Waals surface area contributed by atoms with Crippen LogP contribution in [0.25, 0.3) is 28.0 Å². The Bertz CT molecular complexity index is 1230. The van der Waals surface area contributed by atoms with Crippen LogP contribution in [-0.2, 0) is 4.79 Å². The molecule has 0 atom stereocenters. The quantitative estimate of drug-likeness (QED) is 0.387. The molecular weight excluding hydrogens is 397 g/mol. The number of carbonyl (C=O) groups excluding carboxylic acids is 1. The second-order valence-electron chi connectivity index (χ2n) is 6.14. The largest absolute Gasteiger partial charge is 0.495 e. The van der Waals surface area contributed by atoms with Crippen molar-refractivity contribution in [2.75, 3.05) is 12.4 Å². The van der Waals surface area contributed by atoms with Crippen LogP contribution in [0.1, 0.15) is 5.56 Å². The van der Waals surface area contributed by atoms with Gasteiger partial charge in [0.05, 0.1) is 22.8 Å². The van der Waals surface area contributed by atoms with Crippen LogP contribution in [0, 0.1) is 0 Å². The molecule has 0 spiro atoms. The molecule has 1 N–H and O–H groups in total. The molecule has 0 saturated carbocycles. The number of hydrogen-bond acceptors (Lipinski definition) is 3. The first-order chi connectivity index (χ1) is 13.5. The van der Waals surface area contributed by atoms with Gasteiger partial charge < -0.3 is 14.5 Å². The monoisotopic (exact) mass is 411 g/mol. The van der Waals surface area contributed by atoms with E-state index in [4.69, 9.17) is 32.4 Å². The van der Waals surface area contributed by atoms with Crippen LogP contribution >= 0.6 is 23.2 Å². The SMILES string of the molecule is COc1cc2c(cc1NC(=O)/C=C/c1ccc(Cl)c(Cl)c1)oc1ccccc12. The van der Waals surface area contributed by atoms with E-state index in [-0.39, 0.29) is 5.91 Å². The van der Waals surface area contributed by atoms with Crippen molar-refractivity contribution < 1.29 is 13.9 Å². The van der Waals surface area contributed by atoms with E-state index in [9.17, 15) is 4.79 Å². The summed E-state index contributed by atoms with van der Waals surface area (Å²) in [5.74, 6) is 0.246. The third kappa shape index (κ3) is 3.57. The van der Waals surface area contributed by atoms with Gasteiger partial charge in [0.25, 0.3) is 0 Å². The summed E-state index contributed by atoms with van der Waals surface area (Å²) in [6.45, 7) is 0. The van der Waals surface area contributed by atoms with Crippen molar-refractivity contribution in [3.8, 4) is 5.75 Å². The molecule has 0 bridgehead atoms. The lowest BCUT2D eigenvalue weighted by Crippen LogP contribution is -2.08. The Morgan fingerprint density at radius 2 is 1.82 bits per heavy atom. The number of fused-ring (bicyclic) bond motifs is 3. The van der Waals surface area contributed by atoms with E-state index in [1.54, 1.807) is 37.5 Å². The zero-order valence-electron chi connectivity index (χ0n) is 14.8. The maximum Gasteiger partial charge on any atom is 0.248 e. The Hall–Kier alpha value is -2.95. The molecule has 3 aromatic carbocycles. The number of amides is 1. The first kappa shape index (κ1) is 18.4. The minimum atomic E-state index is -0.306. The summed E-state index contributed by atoms with van der Waals surface area (Å²) in [4.78, 5) is 12.4. The molecule has 28 heavy (non-hydrogen) atoms. The Balaban J connectivity index is 1.62. The van der Waals surface area contributed by atoms with E-state index in [1.807, 2.05) is 30.3 Å². The average molecular weight is 412 g/mol. The number of rotatable bonds is 4. The van der Waals surface area contributed by atoms with Gasteiger partial charge in [0, 0.05) is 22.9 Å². The number of furan rings is 1. The summed E-state index contributed by atoms with van der Waals surface area (Å²) >= 11 is 11.9. The molecule has 1 aromatic heterocycles. The highest BCUT2D eigenvalue weighted by Gasteiger charge is 2.13. The minimum Gasteiger partial charge on any atom is -0.495 e. The molecule has 4 rings (SSSR count). The fourth-order valence-electron chi connectivity index (χ4n) is 2.98. The van der Waals surface area contributed by atoms with Crippen LogP contribution in [0.15, 0.2) is 65.1 Å². The van der Waals surface area contributed by atoms with Gasteiger partial charge in [-0.25, -0.2) is 0 Å². The van der Waals surface area contributed by atoms with E-state index in [0.29, 0.717) is 27.1 Å². The molecule has 0 aliphatic rings. The molecule has 140 valence electrons. The first-order valence-corrected chi connectivity index (χ1v) is 9.24. The second kappa shape index (κ2) is 7.58. The topological polar surface area (TPSA) is 51.5 Å². The molecule has 4 aromatic rings. The summed E-state index contributed by atoms with van der Waals surface area (Å²) in [5, 5.41) is 5.64. The number of carbonyl (C=O) groups is 1. The smallest absolute Gasteiger partial charge is 0.248 e. The normalized spacial score (nSPS) is 11.4. The molecule has 0 fully saturated rings. The highest BCUT2D eigenvalue weighted by Crippen LogP contribution is 2.36. The Morgan fingerprint density at radius 3 is 2.61 bits per heavy atom. The summed E-state index contributed by atoms with van der Waals surface area (Å²) in [6, 6.07) is 16.5. The predicted octanol–water partition coefficient (Wildman–Crippen LogP) is 6.55. The van der Waals surface area contributed by atoms with Crippen molar-refractivity contribution in [3.05, 3.63) is 76.3 Å².